The highest BCUT2D eigenvalue weighted by atomic mass is 32.2. The topological polar surface area (TPSA) is 92.5 Å². The summed E-state index contributed by atoms with van der Waals surface area (Å²) in [6.07, 6.45) is 1.64. The molecule has 0 atom stereocenters. The lowest BCUT2D eigenvalue weighted by Gasteiger charge is -2.14. The number of nitro groups is 1. The largest absolute Gasteiger partial charge is 0.390 e. The van der Waals surface area contributed by atoms with Crippen LogP contribution in [0.1, 0.15) is 10.4 Å². The van der Waals surface area contributed by atoms with E-state index < -0.39 is 29.9 Å². The molecule has 0 aliphatic carbocycles. The number of rotatable bonds is 6. The van der Waals surface area contributed by atoms with Gasteiger partial charge >= 0.3 is 0 Å². The minimum atomic E-state index is -3.43. The Morgan fingerprint density at radius 1 is 1.55 bits per heavy atom. The zero-order valence-electron chi connectivity index (χ0n) is 10.4. The van der Waals surface area contributed by atoms with Crippen molar-refractivity contribution in [3.8, 4) is 0 Å². The number of amides is 1. The van der Waals surface area contributed by atoms with Crippen molar-refractivity contribution in [3.05, 3.63) is 33.9 Å². The van der Waals surface area contributed by atoms with Crippen LogP contribution in [-0.2, 0) is 0 Å². The lowest BCUT2D eigenvalue weighted by molar-refractivity contribution is -0.387. The van der Waals surface area contributed by atoms with Crippen LogP contribution in [0.15, 0.2) is 23.1 Å². The minimum absolute atomic E-state index is 0.0942. The van der Waals surface area contributed by atoms with Crippen molar-refractivity contribution >= 4 is 23.4 Å². The molecule has 1 amide bonds. The average Bonchev–Trinajstić information content (AvgIpc) is 2.44. The van der Waals surface area contributed by atoms with Crippen molar-refractivity contribution in [2.75, 3.05) is 19.4 Å². The number of hydrogen-bond acceptors (Lipinski definition) is 5. The van der Waals surface area contributed by atoms with Crippen molar-refractivity contribution in [1.29, 1.82) is 0 Å². The Morgan fingerprint density at radius 3 is 2.70 bits per heavy atom. The SMILES string of the molecule is CSc1ccc(C(=O)NCC(F)(F)CO)cc1[N+](=O)[O-]. The van der Waals surface area contributed by atoms with Gasteiger partial charge in [-0.25, -0.2) is 8.78 Å². The zero-order chi connectivity index (χ0) is 15.3. The van der Waals surface area contributed by atoms with Crippen LogP contribution in [0.5, 0.6) is 0 Å². The number of aliphatic hydroxyl groups excluding tert-OH is 1. The van der Waals surface area contributed by atoms with Crippen LogP contribution >= 0.6 is 11.8 Å². The fourth-order valence-corrected chi connectivity index (χ4v) is 1.89. The number of benzene rings is 1. The van der Waals surface area contributed by atoms with Crippen molar-refractivity contribution < 1.29 is 23.6 Å². The Kier molecular flexibility index (Phi) is 5.40. The molecule has 1 rings (SSSR count). The third kappa shape index (κ3) is 4.14. The summed E-state index contributed by atoms with van der Waals surface area (Å²) in [6.45, 7) is -2.43. The highest BCUT2D eigenvalue weighted by molar-refractivity contribution is 7.98. The van der Waals surface area contributed by atoms with E-state index in [-0.39, 0.29) is 11.3 Å². The van der Waals surface area contributed by atoms with E-state index in [1.54, 1.807) is 6.26 Å². The molecule has 1 aromatic rings. The van der Waals surface area contributed by atoms with Crippen LogP contribution in [0.2, 0.25) is 0 Å². The molecule has 6 nitrogen and oxygen atoms in total. The van der Waals surface area contributed by atoms with Crippen LogP contribution in [0.3, 0.4) is 0 Å². The molecule has 0 bridgehead atoms. The van der Waals surface area contributed by atoms with Crippen molar-refractivity contribution in [1.82, 2.24) is 5.32 Å². The van der Waals surface area contributed by atoms with Crippen molar-refractivity contribution in [3.63, 3.8) is 0 Å². The molecular weight excluding hydrogens is 294 g/mol. The van der Waals surface area contributed by atoms with Crippen molar-refractivity contribution in [2.45, 2.75) is 10.8 Å². The first kappa shape index (κ1) is 16.3. The number of carbonyl (C=O) groups is 1. The molecule has 0 spiro atoms. The fourth-order valence-electron chi connectivity index (χ4n) is 1.34. The maximum Gasteiger partial charge on any atom is 0.287 e. The molecule has 1 aromatic carbocycles. The summed E-state index contributed by atoms with van der Waals surface area (Å²) >= 11 is 1.14. The number of aliphatic hydroxyl groups is 1. The smallest absolute Gasteiger partial charge is 0.287 e. The number of carbonyl (C=O) groups excluding carboxylic acids is 1. The van der Waals surface area contributed by atoms with Crippen LogP contribution in [-0.4, -0.2) is 41.3 Å². The fraction of sp³-hybridized carbons (Fsp3) is 0.364. The molecule has 0 aliphatic heterocycles. The maximum absolute atomic E-state index is 12.8. The molecule has 20 heavy (non-hydrogen) atoms. The number of thioether (sulfide) groups is 1. The van der Waals surface area contributed by atoms with Gasteiger partial charge in [-0.15, -0.1) is 11.8 Å². The number of nitro benzene ring substituents is 1. The molecule has 0 fully saturated rings. The molecule has 0 radical (unpaired) electrons. The molecule has 0 saturated heterocycles. The van der Waals surface area contributed by atoms with E-state index in [0.717, 1.165) is 17.8 Å². The first-order valence-electron chi connectivity index (χ1n) is 5.40. The Balaban J connectivity index is 2.89. The van der Waals surface area contributed by atoms with Gasteiger partial charge in [0.25, 0.3) is 17.5 Å². The number of nitrogens with one attached hydrogen (secondary N) is 1. The Morgan fingerprint density at radius 2 is 2.20 bits per heavy atom. The Bertz CT molecular complexity index is 525. The van der Waals surface area contributed by atoms with Gasteiger partial charge in [0.2, 0.25) is 0 Å². The number of hydrogen-bond donors (Lipinski definition) is 2. The van der Waals surface area contributed by atoms with E-state index in [2.05, 4.69) is 0 Å². The van der Waals surface area contributed by atoms with Gasteiger partial charge in [-0.05, 0) is 18.4 Å². The summed E-state index contributed by atoms with van der Waals surface area (Å²) in [7, 11) is 0. The highest BCUT2D eigenvalue weighted by Crippen LogP contribution is 2.28. The van der Waals surface area contributed by atoms with Crippen LogP contribution in [0.4, 0.5) is 14.5 Å². The van der Waals surface area contributed by atoms with Gasteiger partial charge in [-0.2, -0.15) is 0 Å². The zero-order valence-corrected chi connectivity index (χ0v) is 11.2. The second-order valence-electron chi connectivity index (χ2n) is 3.84. The maximum atomic E-state index is 12.8. The predicted octanol–water partition coefficient (Wildman–Crippen LogP) is 1.67. The number of alkyl halides is 2. The number of nitrogens with zero attached hydrogens (tertiary/aromatic N) is 1. The molecule has 0 heterocycles. The van der Waals surface area contributed by atoms with E-state index >= 15 is 0 Å². The summed E-state index contributed by atoms with van der Waals surface area (Å²) in [4.78, 5) is 22.2. The van der Waals surface area contributed by atoms with Gasteiger partial charge in [0.05, 0.1) is 16.4 Å². The molecular formula is C11H12F2N2O4S. The summed E-state index contributed by atoms with van der Waals surface area (Å²) in [5.41, 5.74) is -0.359. The molecule has 0 unspecified atom stereocenters. The molecule has 110 valence electrons. The van der Waals surface area contributed by atoms with Gasteiger partial charge in [-0.3, -0.25) is 14.9 Å². The molecule has 0 aliphatic rings. The summed E-state index contributed by atoms with van der Waals surface area (Å²) < 4.78 is 25.6. The molecule has 9 heteroatoms. The van der Waals surface area contributed by atoms with E-state index in [4.69, 9.17) is 5.11 Å². The van der Waals surface area contributed by atoms with E-state index in [9.17, 15) is 23.7 Å². The lowest BCUT2D eigenvalue weighted by Crippen LogP contribution is -2.38. The third-order valence-electron chi connectivity index (χ3n) is 2.38. The normalized spacial score (nSPS) is 11.2. The predicted molar refractivity (Wildman–Crippen MR) is 69.2 cm³/mol. The Labute approximate surface area is 117 Å². The molecule has 2 N–H and O–H groups in total. The van der Waals surface area contributed by atoms with E-state index in [0.29, 0.717) is 4.90 Å². The van der Waals surface area contributed by atoms with Crippen LogP contribution in [0, 0.1) is 10.1 Å². The van der Waals surface area contributed by atoms with Crippen molar-refractivity contribution in [2.24, 2.45) is 0 Å². The number of halogens is 2. The van der Waals surface area contributed by atoms with E-state index in [1.165, 1.54) is 12.1 Å². The second-order valence-corrected chi connectivity index (χ2v) is 4.69. The van der Waals surface area contributed by atoms with Crippen LogP contribution < -0.4 is 5.32 Å². The van der Waals surface area contributed by atoms with Crippen LogP contribution in [0.25, 0.3) is 0 Å². The highest BCUT2D eigenvalue weighted by Gasteiger charge is 2.28. The van der Waals surface area contributed by atoms with E-state index in [1.807, 2.05) is 5.32 Å². The monoisotopic (exact) mass is 306 g/mol. The average molecular weight is 306 g/mol. The molecule has 0 saturated carbocycles. The third-order valence-corrected chi connectivity index (χ3v) is 3.16. The second kappa shape index (κ2) is 6.62. The Hall–Kier alpha value is -1.74. The van der Waals surface area contributed by atoms with Gasteiger partial charge in [0, 0.05) is 11.6 Å². The first-order valence-corrected chi connectivity index (χ1v) is 6.62. The van der Waals surface area contributed by atoms with Gasteiger partial charge in [0.1, 0.15) is 6.61 Å². The van der Waals surface area contributed by atoms with Gasteiger partial charge < -0.3 is 10.4 Å². The van der Waals surface area contributed by atoms with Gasteiger partial charge in [0.15, 0.2) is 0 Å². The molecule has 0 aromatic heterocycles. The summed E-state index contributed by atoms with van der Waals surface area (Å²) in [5.74, 6) is -4.30. The summed E-state index contributed by atoms with van der Waals surface area (Å²) in [5, 5.41) is 21.1. The minimum Gasteiger partial charge on any atom is -0.390 e. The quantitative estimate of drug-likeness (QED) is 0.474. The van der Waals surface area contributed by atoms with Gasteiger partial charge in [-0.1, -0.05) is 0 Å². The standard InChI is InChI=1S/C11H12F2N2O4S/c1-20-9-3-2-7(4-8(9)15(18)19)10(17)14-5-11(12,13)6-16/h2-4,16H,5-6H2,1H3,(H,14,17). The summed E-state index contributed by atoms with van der Waals surface area (Å²) in [6, 6.07) is 3.71. The first-order chi connectivity index (χ1) is 9.30. The lowest BCUT2D eigenvalue weighted by atomic mass is 10.2.